The van der Waals surface area contributed by atoms with Crippen LogP contribution in [0, 0.1) is 0 Å². The van der Waals surface area contributed by atoms with Crippen LogP contribution in [0.2, 0.25) is 0 Å². The molecule has 1 atom stereocenters. The van der Waals surface area contributed by atoms with Gasteiger partial charge in [-0.15, -0.1) is 13.2 Å². The van der Waals surface area contributed by atoms with E-state index in [0.29, 0.717) is 18.7 Å². The van der Waals surface area contributed by atoms with Gasteiger partial charge < -0.3 is 10.2 Å². The standard InChI is InChI=1S/C20H22N2O2/c1-4-12-22(13-5-2)20(24)15(3)21-19(23)18-11-10-16-8-6-7-9-17(16)14-18/h4-11,14-15H,1-2,12-13H2,3H3,(H,21,23). The quantitative estimate of drug-likeness (QED) is 0.796. The van der Waals surface area contributed by atoms with Crippen LogP contribution in [0.1, 0.15) is 17.3 Å². The van der Waals surface area contributed by atoms with E-state index < -0.39 is 6.04 Å². The molecule has 0 aliphatic heterocycles. The van der Waals surface area contributed by atoms with Crippen LogP contribution in [-0.4, -0.2) is 35.8 Å². The van der Waals surface area contributed by atoms with Gasteiger partial charge in [-0.2, -0.15) is 0 Å². The summed E-state index contributed by atoms with van der Waals surface area (Å²) >= 11 is 0. The van der Waals surface area contributed by atoms with Crippen molar-refractivity contribution in [2.75, 3.05) is 13.1 Å². The van der Waals surface area contributed by atoms with E-state index in [0.717, 1.165) is 10.8 Å². The number of nitrogens with one attached hydrogen (secondary N) is 1. The number of fused-ring (bicyclic) bond motifs is 1. The van der Waals surface area contributed by atoms with Crippen molar-refractivity contribution in [2.45, 2.75) is 13.0 Å². The van der Waals surface area contributed by atoms with Gasteiger partial charge in [-0.05, 0) is 29.8 Å². The number of nitrogens with zero attached hydrogens (tertiary/aromatic N) is 1. The first-order valence-corrected chi connectivity index (χ1v) is 7.87. The molecule has 0 spiro atoms. The van der Waals surface area contributed by atoms with Gasteiger partial charge in [-0.1, -0.05) is 42.5 Å². The smallest absolute Gasteiger partial charge is 0.251 e. The van der Waals surface area contributed by atoms with Crippen LogP contribution in [0.3, 0.4) is 0 Å². The third-order valence-corrected chi connectivity index (χ3v) is 3.74. The van der Waals surface area contributed by atoms with E-state index in [2.05, 4.69) is 18.5 Å². The highest BCUT2D eigenvalue weighted by Crippen LogP contribution is 2.15. The molecule has 0 bridgehead atoms. The molecule has 0 aromatic heterocycles. The zero-order valence-corrected chi connectivity index (χ0v) is 13.9. The van der Waals surface area contributed by atoms with Crippen molar-refractivity contribution in [1.29, 1.82) is 0 Å². The third kappa shape index (κ3) is 4.10. The van der Waals surface area contributed by atoms with Crippen LogP contribution < -0.4 is 5.32 Å². The van der Waals surface area contributed by atoms with Crippen molar-refractivity contribution in [2.24, 2.45) is 0 Å². The second-order valence-electron chi connectivity index (χ2n) is 5.58. The number of rotatable bonds is 7. The van der Waals surface area contributed by atoms with Gasteiger partial charge >= 0.3 is 0 Å². The van der Waals surface area contributed by atoms with Gasteiger partial charge in [0.1, 0.15) is 6.04 Å². The molecule has 0 radical (unpaired) electrons. The summed E-state index contributed by atoms with van der Waals surface area (Å²) in [6.45, 7) is 9.81. The Morgan fingerprint density at radius 1 is 1.08 bits per heavy atom. The van der Waals surface area contributed by atoms with Gasteiger partial charge in [0.25, 0.3) is 5.91 Å². The van der Waals surface area contributed by atoms with Crippen LogP contribution >= 0.6 is 0 Å². The second kappa shape index (κ2) is 8.11. The number of carbonyl (C=O) groups is 2. The van der Waals surface area contributed by atoms with Gasteiger partial charge in [-0.25, -0.2) is 0 Å². The minimum absolute atomic E-state index is 0.163. The first-order chi connectivity index (χ1) is 11.6. The molecule has 0 heterocycles. The minimum atomic E-state index is -0.621. The monoisotopic (exact) mass is 322 g/mol. The molecule has 2 aromatic carbocycles. The molecule has 0 aliphatic rings. The molecule has 0 aliphatic carbocycles. The average molecular weight is 322 g/mol. The molecule has 2 amide bonds. The maximum Gasteiger partial charge on any atom is 0.251 e. The van der Waals surface area contributed by atoms with Gasteiger partial charge in [0, 0.05) is 18.7 Å². The molecule has 2 aromatic rings. The summed E-state index contributed by atoms with van der Waals surface area (Å²) in [4.78, 5) is 26.4. The van der Waals surface area contributed by atoms with Crippen LogP contribution in [0.15, 0.2) is 67.8 Å². The Labute approximate surface area is 142 Å². The molecule has 124 valence electrons. The minimum Gasteiger partial charge on any atom is -0.341 e. The molecule has 1 unspecified atom stereocenters. The molecule has 4 nitrogen and oxygen atoms in total. The van der Waals surface area contributed by atoms with Crippen LogP contribution in [0.25, 0.3) is 10.8 Å². The zero-order chi connectivity index (χ0) is 17.5. The van der Waals surface area contributed by atoms with Crippen molar-refractivity contribution < 1.29 is 9.59 Å². The van der Waals surface area contributed by atoms with E-state index in [-0.39, 0.29) is 11.8 Å². The van der Waals surface area contributed by atoms with Crippen molar-refractivity contribution >= 4 is 22.6 Å². The van der Waals surface area contributed by atoms with Crippen LogP contribution in [-0.2, 0) is 4.79 Å². The fourth-order valence-electron chi connectivity index (χ4n) is 2.51. The van der Waals surface area contributed by atoms with E-state index in [9.17, 15) is 9.59 Å². The lowest BCUT2D eigenvalue weighted by atomic mass is 10.1. The fraction of sp³-hybridized carbons (Fsp3) is 0.200. The fourth-order valence-corrected chi connectivity index (χ4v) is 2.51. The first-order valence-electron chi connectivity index (χ1n) is 7.87. The van der Waals surface area contributed by atoms with Crippen molar-refractivity contribution in [1.82, 2.24) is 10.2 Å². The van der Waals surface area contributed by atoms with Gasteiger partial charge in [0.2, 0.25) is 5.91 Å². The Hall–Kier alpha value is -2.88. The van der Waals surface area contributed by atoms with Crippen molar-refractivity contribution in [3.63, 3.8) is 0 Å². The number of hydrogen-bond donors (Lipinski definition) is 1. The molecule has 24 heavy (non-hydrogen) atoms. The normalized spacial score (nSPS) is 11.5. The Kier molecular flexibility index (Phi) is 5.90. The highest BCUT2D eigenvalue weighted by Gasteiger charge is 2.21. The second-order valence-corrected chi connectivity index (χ2v) is 5.58. The van der Waals surface area contributed by atoms with E-state index in [1.54, 1.807) is 30.0 Å². The predicted octanol–water partition coefficient (Wildman–Crippen LogP) is 3.16. The lowest BCUT2D eigenvalue weighted by Crippen LogP contribution is -2.47. The lowest BCUT2D eigenvalue weighted by Gasteiger charge is -2.24. The lowest BCUT2D eigenvalue weighted by molar-refractivity contribution is -0.131. The first kappa shape index (κ1) is 17.5. The van der Waals surface area contributed by atoms with E-state index in [1.807, 2.05) is 36.4 Å². The highest BCUT2D eigenvalue weighted by molar-refractivity contribution is 6.00. The van der Waals surface area contributed by atoms with Gasteiger partial charge in [0.15, 0.2) is 0 Å². The summed E-state index contributed by atoms with van der Waals surface area (Å²) in [5, 5.41) is 4.82. The Morgan fingerprint density at radius 2 is 1.71 bits per heavy atom. The summed E-state index contributed by atoms with van der Waals surface area (Å²) in [5.41, 5.74) is 0.535. The SMILES string of the molecule is C=CCN(CC=C)C(=O)C(C)NC(=O)c1ccc2ccccc2c1. The summed E-state index contributed by atoms with van der Waals surface area (Å²) in [7, 11) is 0. The van der Waals surface area contributed by atoms with Gasteiger partial charge in [0.05, 0.1) is 0 Å². The summed E-state index contributed by atoms with van der Waals surface area (Å²) in [6.07, 6.45) is 3.30. The average Bonchev–Trinajstić information content (AvgIpc) is 2.60. The Bertz CT molecular complexity index is 757. The maximum absolute atomic E-state index is 12.4. The molecular formula is C20H22N2O2. The number of amides is 2. The predicted molar refractivity (Wildman–Crippen MR) is 97.9 cm³/mol. The molecule has 0 saturated carbocycles. The van der Waals surface area contributed by atoms with E-state index >= 15 is 0 Å². The van der Waals surface area contributed by atoms with Crippen molar-refractivity contribution in [3.8, 4) is 0 Å². The summed E-state index contributed by atoms with van der Waals surface area (Å²) in [6, 6.07) is 12.7. The largest absolute Gasteiger partial charge is 0.341 e. The zero-order valence-electron chi connectivity index (χ0n) is 13.9. The molecule has 2 rings (SSSR count). The van der Waals surface area contributed by atoms with Crippen molar-refractivity contribution in [3.05, 3.63) is 73.3 Å². The van der Waals surface area contributed by atoms with Crippen LogP contribution in [0.4, 0.5) is 0 Å². The van der Waals surface area contributed by atoms with Crippen LogP contribution in [0.5, 0.6) is 0 Å². The third-order valence-electron chi connectivity index (χ3n) is 3.74. The van der Waals surface area contributed by atoms with E-state index in [4.69, 9.17) is 0 Å². The number of hydrogen-bond acceptors (Lipinski definition) is 2. The maximum atomic E-state index is 12.4. The molecule has 1 N–H and O–H groups in total. The topological polar surface area (TPSA) is 49.4 Å². The molecular weight excluding hydrogens is 300 g/mol. The number of benzene rings is 2. The summed E-state index contributed by atoms with van der Waals surface area (Å²) in [5.74, 6) is -0.428. The Balaban J connectivity index is 2.10. The highest BCUT2D eigenvalue weighted by atomic mass is 16.2. The molecule has 0 saturated heterocycles. The van der Waals surface area contributed by atoms with E-state index in [1.165, 1.54) is 0 Å². The number of carbonyl (C=O) groups excluding carboxylic acids is 2. The molecule has 4 heteroatoms. The van der Waals surface area contributed by atoms with Gasteiger partial charge in [-0.3, -0.25) is 9.59 Å². The Morgan fingerprint density at radius 3 is 2.33 bits per heavy atom. The summed E-state index contributed by atoms with van der Waals surface area (Å²) < 4.78 is 0. The molecule has 0 fully saturated rings.